The van der Waals surface area contributed by atoms with Crippen LogP contribution in [0.15, 0.2) is 18.2 Å². The number of aromatic amines is 1. The van der Waals surface area contributed by atoms with Gasteiger partial charge in [0, 0.05) is 0 Å². The third kappa shape index (κ3) is 1.92. The van der Waals surface area contributed by atoms with Gasteiger partial charge in [-0.15, -0.1) is 0 Å². The zero-order valence-electron chi connectivity index (χ0n) is 9.66. The monoisotopic (exact) mass is 236 g/mol. The maximum atomic E-state index is 13.0. The molecule has 0 radical (unpaired) electrons. The predicted octanol–water partition coefficient (Wildman–Crippen LogP) is 2.53. The highest BCUT2D eigenvalue weighted by atomic mass is 19.1. The van der Waals surface area contributed by atoms with E-state index in [9.17, 15) is 4.39 Å². The quantitative estimate of drug-likeness (QED) is 0.827. The van der Waals surface area contributed by atoms with Crippen molar-refractivity contribution in [3.63, 3.8) is 0 Å². The smallest absolute Gasteiger partial charge is 0.164 e. The lowest BCUT2D eigenvalue weighted by molar-refractivity contribution is -0.139. The SMILES string of the molecule is CC1(C)OCC(c2nc3ccc(F)cc3[nH]2)O1. The summed E-state index contributed by atoms with van der Waals surface area (Å²) >= 11 is 0. The number of benzene rings is 1. The van der Waals surface area contributed by atoms with Crippen LogP contribution in [0.25, 0.3) is 11.0 Å². The first kappa shape index (κ1) is 10.7. The van der Waals surface area contributed by atoms with Crippen LogP contribution in [-0.4, -0.2) is 22.4 Å². The molecule has 90 valence electrons. The van der Waals surface area contributed by atoms with Gasteiger partial charge in [-0.3, -0.25) is 0 Å². The molecule has 1 N–H and O–H groups in total. The van der Waals surface area contributed by atoms with Gasteiger partial charge in [-0.05, 0) is 32.0 Å². The average Bonchev–Trinajstić information content (AvgIpc) is 2.80. The molecule has 4 nitrogen and oxygen atoms in total. The molecule has 5 heteroatoms. The number of hydrogen-bond donors (Lipinski definition) is 1. The predicted molar refractivity (Wildman–Crippen MR) is 59.9 cm³/mol. The Morgan fingerprint density at radius 1 is 1.47 bits per heavy atom. The van der Waals surface area contributed by atoms with Crippen molar-refractivity contribution in [3.8, 4) is 0 Å². The lowest BCUT2D eigenvalue weighted by Crippen LogP contribution is -2.19. The van der Waals surface area contributed by atoms with Gasteiger partial charge >= 0.3 is 0 Å². The van der Waals surface area contributed by atoms with Gasteiger partial charge in [-0.25, -0.2) is 9.37 Å². The van der Waals surface area contributed by atoms with Crippen molar-refractivity contribution < 1.29 is 13.9 Å². The number of H-pyrrole nitrogens is 1. The van der Waals surface area contributed by atoms with E-state index in [-0.39, 0.29) is 11.9 Å². The first-order valence-corrected chi connectivity index (χ1v) is 5.50. The Hall–Kier alpha value is -1.46. The highest BCUT2D eigenvalue weighted by molar-refractivity contribution is 5.75. The van der Waals surface area contributed by atoms with E-state index < -0.39 is 5.79 Å². The van der Waals surface area contributed by atoms with Crippen LogP contribution in [-0.2, 0) is 9.47 Å². The molecule has 1 aromatic heterocycles. The van der Waals surface area contributed by atoms with E-state index in [1.165, 1.54) is 12.1 Å². The van der Waals surface area contributed by atoms with Crippen molar-refractivity contribution in [2.75, 3.05) is 6.61 Å². The molecule has 2 aromatic rings. The van der Waals surface area contributed by atoms with E-state index in [1.54, 1.807) is 6.07 Å². The maximum Gasteiger partial charge on any atom is 0.164 e. The normalized spacial score (nSPS) is 23.4. The summed E-state index contributed by atoms with van der Waals surface area (Å²) in [5.41, 5.74) is 1.41. The number of imidazole rings is 1. The fourth-order valence-corrected chi connectivity index (χ4v) is 1.98. The Bertz CT molecular complexity index is 565. The molecule has 0 saturated carbocycles. The molecule has 1 unspecified atom stereocenters. The lowest BCUT2D eigenvalue weighted by atomic mass is 10.3. The summed E-state index contributed by atoms with van der Waals surface area (Å²) in [6.07, 6.45) is -0.222. The second kappa shape index (κ2) is 3.51. The van der Waals surface area contributed by atoms with E-state index in [2.05, 4.69) is 9.97 Å². The molecule has 0 bridgehead atoms. The number of aromatic nitrogens is 2. The van der Waals surface area contributed by atoms with Gasteiger partial charge in [-0.2, -0.15) is 0 Å². The van der Waals surface area contributed by atoms with Gasteiger partial charge in [0.15, 0.2) is 5.79 Å². The van der Waals surface area contributed by atoms with Crippen LogP contribution < -0.4 is 0 Å². The fraction of sp³-hybridized carbons (Fsp3) is 0.417. The zero-order chi connectivity index (χ0) is 12.0. The summed E-state index contributed by atoms with van der Waals surface area (Å²) in [6, 6.07) is 4.46. The number of fused-ring (bicyclic) bond motifs is 1. The first-order valence-electron chi connectivity index (χ1n) is 5.50. The van der Waals surface area contributed by atoms with Gasteiger partial charge < -0.3 is 14.5 Å². The molecule has 1 saturated heterocycles. The summed E-state index contributed by atoms with van der Waals surface area (Å²) in [4.78, 5) is 7.43. The van der Waals surface area contributed by atoms with Crippen LogP contribution in [0.2, 0.25) is 0 Å². The molecule has 1 aliphatic heterocycles. The van der Waals surface area contributed by atoms with Crippen molar-refractivity contribution >= 4 is 11.0 Å². The van der Waals surface area contributed by atoms with E-state index in [4.69, 9.17) is 9.47 Å². The molecule has 0 amide bonds. The van der Waals surface area contributed by atoms with Crippen LogP contribution in [0.3, 0.4) is 0 Å². The Morgan fingerprint density at radius 3 is 3.00 bits per heavy atom. The van der Waals surface area contributed by atoms with Gasteiger partial charge in [0.2, 0.25) is 0 Å². The van der Waals surface area contributed by atoms with E-state index in [1.807, 2.05) is 13.8 Å². The van der Waals surface area contributed by atoms with Crippen molar-refractivity contribution in [2.45, 2.75) is 25.7 Å². The Kier molecular flexibility index (Phi) is 2.21. The topological polar surface area (TPSA) is 47.1 Å². The summed E-state index contributed by atoms with van der Waals surface area (Å²) in [5.74, 6) is -0.192. The molecule has 1 atom stereocenters. The van der Waals surface area contributed by atoms with E-state index in [0.717, 1.165) is 5.52 Å². The van der Waals surface area contributed by atoms with Crippen molar-refractivity contribution in [1.29, 1.82) is 0 Å². The second-order valence-electron chi connectivity index (χ2n) is 4.60. The Labute approximate surface area is 97.8 Å². The van der Waals surface area contributed by atoms with Crippen LogP contribution >= 0.6 is 0 Å². The van der Waals surface area contributed by atoms with Gasteiger partial charge in [0.25, 0.3) is 0 Å². The molecule has 0 aliphatic carbocycles. The highest BCUT2D eigenvalue weighted by Crippen LogP contribution is 2.32. The van der Waals surface area contributed by atoms with Crippen molar-refractivity contribution in [1.82, 2.24) is 9.97 Å². The third-order valence-corrected chi connectivity index (χ3v) is 2.78. The standard InChI is InChI=1S/C12H13FN2O2/c1-12(2)16-6-10(17-12)11-14-8-4-3-7(13)5-9(8)15-11/h3-5,10H,6H2,1-2H3,(H,14,15). The van der Waals surface area contributed by atoms with Gasteiger partial charge in [-0.1, -0.05) is 0 Å². The molecule has 17 heavy (non-hydrogen) atoms. The van der Waals surface area contributed by atoms with Gasteiger partial charge in [0.1, 0.15) is 17.7 Å². The lowest BCUT2D eigenvalue weighted by Gasteiger charge is -2.15. The molecule has 1 aliphatic rings. The minimum absolute atomic E-state index is 0.222. The Morgan fingerprint density at radius 2 is 2.29 bits per heavy atom. The van der Waals surface area contributed by atoms with E-state index >= 15 is 0 Å². The molecular formula is C12H13FN2O2. The fourth-order valence-electron chi connectivity index (χ4n) is 1.98. The summed E-state index contributed by atoms with van der Waals surface area (Å²) in [7, 11) is 0. The first-order chi connectivity index (χ1) is 8.03. The zero-order valence-corrected chi connectivity index (χ0v) is 9.66. The molecule has 3 rings (SSSR count). The summed E-state index contributed by atoms with van der Waals surface area (Å²) < 4.78 is 24.2. The molecule has 1 aromatic carbocycles. The van der Waals surface area contributed by atoms with Crippen molar-refractivity contribution in [2.24, 2.45) is 0 Å². The number of ether oxygens (including phenoxy) is 2. The highest BCUT2D eigenvalue weighted by Gasteiger charge is 2.35. The van der Waals surface area contributed by atoms with E-state index in [0.29, 0.717) is 17.9 Å². The Balaban J connectivity index is 1.96. The third-order valence-electron chi connectivity index (χ3n) is 2.78. The second-order valence-corrected chi connectivity index (χ2v) is 4.60. The maximum absolute atomic E-state index is 13.0. The van der Waals surface area contributed by atoms with Crippen molar-refractivity contribution in [3.05, 3.63) is 29.8 Å². The van der Waals surface area contributed by atoms with Gasteiger partial charge in [0.05, 0.1) is 17.6 Å². The van der Waals surface area contributed by atoms with Crippen LogP contribution in [0.4, 0.5) is 4.39 Å². The van der Waals surface area contributed by atoms with Crippen LogP contribution in [0, 0.1) is 5.82 Å². The minimum atomic E-state index is -0.588. The largest absolute Gasteiger partial charge is 0.347 e. The number of hydrogen-bond acceptors (Lipinski definition) is 3. The molecule has 1 fully saturated rings. The molecule has 0 spiro atoms. The number of rotatable bonds is 1. The minimum Gasteiger partial charge on any atom is -0.347 e. The number of nitrogens with zero attached hydrogens (tertiary/aromatic N) is 1. The van der Waals surface area contributed by atoms with Crippen LogP contribution in [0.1, 0.15) is 25.8 Å². The summed E-state index contributed by atoms with van der Waals surface area (Å²) in [6.45, 7) is 4.17. The molecule has 2 heterocycles. The number of nitrogens with one attached hydrogen (secondary N) is 1. The number of halogens is 1. The molecular weight excluding hydrogens is 223 g/mol. The summed E-state index contributed by atoms with van der Waals surface area (Å²) in [5, 5.41) is 0. The van der Waals surface area contributed by atoms with Crippen LogP contribution in [0.5, 0.6) is 0 Å². The average molecular weight is 236 g/mol.